The normalized spacial score (nSPS) is 9.75. The number of hydrogen-bond donors (Lipinski definition) is 0. The summed E-state index contributed by atoms with van der Waals surface area (Å²) in [5.41, 5.74) is 4.74. The summed E-state index contributed by atoms with van der Waals surface area (Å²) in [4.78, 5) is 4.50. The average molecular weight is 281 g/mol. The maximum absolute atomic E-state index is 4.50. The Morgan fingerprint density at radius 1 is 0.750 bits per heavy atom. The van der Waals surface area contributed by atoms with E-state index in [1.807, 2.05) is 26.8 Å². The topological polar surface area (TPSA) is 12.9 Å². The summed E-state index contributed by atoms with van der Waals surface area (Å²) in [6.07, 6.45) is 0. The molecule has 2 heteroatoms. The van der Waals surface area contributed by atoms with Crippen molar-refractivity contribution in [2.24, 2.45) is 0 Å². The first-order valence-electron chi connectivity index (χ1n) is 6.91. The van der Waals surface area contributed by atoms with E-state index in [0.29, 0.717) is 0 Å². The van der Waals surface area contributed by atoms with Gasteiger partial charge >= 0.3 is 0 Å². The van der Waals surface area contributed by atoms with E-state index in [2.05, 4.69) is 58.9 Å². The van der Waals surface area contributed by atoms with E-state index in [0.717, 1.165) is 10.7 Å². The second-order valence-corrected chi connectivity index (χ2v) is 5.26. The number of aryl methyl sites for hydroxylation is 1. The third kappa shape index (κ3) is 3.34. The van der Waals surface area contributed by atoms with E-state index in [9.17, 15) is 0 Å². The lowest BCUT2D eigenvalue weighted by Crippen LogP contribution is -1.80. The van der Waals surface area contributed by atoms with Crippen LogP contribution in [0.25, 0.3) is 22.4 Å². The first-order chi connectivity index (χ1) is 9.83. The largest absolute Gasteiger partial charge is 0.242 e. The van der Waals surface area contributed by atoms with Crippen LogP contribution in [-0.2, 0) is 0 Å². The fourth-order valence-electron chi connectivity index (χ4n) is 1.96. The van der Waals surface area contributed by atoms with Crippen molar-refractivity contribution < 1.29 is 0 Å². The van der Waals surface area contributed by atoms with Crippen LogP contribution in [-0.4, -0.2) is 4.98 Å². The van der Waals surface area contributed by atoms with Crippen LogP contribution in [0.4, 0.5) is 0 Å². The third-order valence-electron chi connectivity index (χ3n) is 2.91. The number of hydrogen-bond acceptors (Lipinski definition) is 2. The Labute approximate surface area is 125 Å². The van der Waals surface area contributed by atoms with Crippen LogP contribution >= 0.6 is 11.3 Å². The Morgan fingerprint density at radius 3 is 1.85 bits per heavy atom. The summed E-state index contributed by atoms with van der Waals surface area (Å²) in [7, 11) is 0. The fraction of sp³-hybridized carbons (Fsp3) is 0.167. The van der Waals surface area contributed by atoms with E-state index >= 15 is 0 Å². The molecule has 0 saturated carbocycles. The lowest BCUT2D eigenvalue weighted by molar-refractivity contribution is 1.30. The van der Waals surface area contributed by atoms with Crippen molar-refractivity contribution in [1.29, 1.82) is 0 Å². The van der Waals surface area contributed by atoms with Gasteiger partial charge in [0.1, 0.15) is 0 Å². The summed E-state index contributed by atoms with van der Waals surface area (Å²) in [6.45, 7) is 6.03. The maximum atomic E-state index is 4.50. The minimum Gasteiger partial charge on any atom is -0.242 e. The Morgan fingerprint density at radius 2 is 1.30 bits per heavy atom. The molecule has 0 N–H and O–H groups in total. The number of aromatic nitrogens is 1. The molecule has 0 saturated heterocycles. The molecule has 1 nitrogen and oxygen atoms in total. The molecule has 3 rings (SSSR count). The van der Waals surface area contributed by atoms with E-state index < -0.39 is 0 Å². The molecule has 1 aromatic heterocycles. The van der Waals surface area contributed by atoms with Crippen molar-refractivity contribution in [2.75, 3.05) is 0 Å². The molecule has 102 valence electrons. The van der Waals surface area contributed by atoms with E-state index in [1.165, 1.54) is 16.7 Å². The first kappa shape index (κ1) is 14.5. The second kappa shape index (κ2) is 7.01. The monoisotopic (exact) mass is 281 g/mol. The van der Waals surface area contributed by atoms with Gasteiger partial charge in [-0.1, -0.05) is 68.4 Å². The Bertz CT molecular complexity index is 639. The van der Waals surface area contributed by atoms with Gasteiger partial charge in [0.05, 0.1) is 10.7 Å². The van der Waals surface area contributed by atoms with Crippen LogP contribution in [0.1, 0.15) is 18.9 Å². The average Bonchev–Trinajstić information content (AvgIpc) is 2.97. The van der Waals surface area contributed by atoms with Gasteiger partial charge in [-0.3, -0.25) is 0 Å². The van der Waals surface area contributed by atoms with Gasteiger partial charge in [-0.05, 0) is 18.1 Å². The van der Waals surface area contributed by atoms with Crippen molar-refractivity contribution in [1.82, 2.24) is 4.98 Å². The molecule has 0 amide bonds. The van der Waals surface area contributed by atoms with Crippen LogP contribution in [0.2, 0.25) is 0 Å². The van der Waals surface area contributed by atoms with Crippen molar-refractivity contribution in [3.05, 3.63) is 65.0 Å². The maximum Gasteiger partial charge on any atom is 0.0901 e. The Balaban J connectivity index is 0.000000704. The minimum atomic E-state index is 1.07. The number of rotatable bonds is 2. The molecule has 0 atom stereocenters. The number of benzene rings is 2. The summed E-state index contributed by atoms with van der Waals surface area (Å²) in [5.74, 6) is 0. The van der Waals surface area contributed by atoms with Gasteiger partial charge in [0.2, 0.25) is 0 Å². The predicted octanol–water partition coefficient (Wildman–Crippen LogP) is 5.81. The zero-order chi connectivity index (χ0) is 14.4. The highest BCUT2D eigenvalue weighted by atomic mass is 32.1. The molecule has 0 aliphatic rings. The number of nitrogens with zero attached hydrogens (tertiary/aromatic N) is 1. The molecule has 0 fully saturated rings. The van der Waals surface area contributed by atoms with E-state index in [1.54, 1.807) is 11.3 Å². The molecule has 3 aromatic rings. The highest BCUT2D eigenvalue weighted by Crippen LogP contribution is 2.25. The molecule has 0 unspecified atom stereocenters. The lowest BCUT2D eigenvalue weighted by Gasteiger charge is -2.02. The highest BCUT2D eigenvalue weighted by Gasteiger charge is 2.02. The summed E-state index contributed by atoms with van der Waals surface area (Å²) < 4.78 is 0. The van der Waals surface area contributed by atoms with Gasteiger partial charge in [-0.2, -0.15) is 0 Å². The van der Waals surface area contributed by atoms with Gasteiger partial charge in [0, 0.05) is 10.9 Å². The van der Waals surface area contributed by atoms with Crippen molar-refractivity contribution in [3.8, 4) is 22.4 Å². The summed E-state index contributed by atoms with van der Waals surface area (Å²) in [5, 5.41) is 3.21. The van der Waals surface area contributed by atoms with Crippen LogP contribution < -0.4 is 0 Å². The van der Waals surface area contributed by atoms with Crippen molar-refractivity contribution in [2.45, 2.75) is 20.8 Å². The summed E-state index contributed by atoms with van der Waals surface area (Å²) in [6, 6.07) is 19.0. The third-order valence-corrected chi connectivity index (χ3v) is 3.68. The van der Waals surface area contributed by atoms with Crippen LogP contribution in [0.3, 0.4) is 0 Å². The molecular weight excluding hydrogens is 262 g/mol. The van der Waals surface area contributed by atoms with Crippen LogP contribution in [0, 0.1) is 6.92 Å². The highest BCUT2D eigenvalue weighted by molar-refractivity contribution is 7.09. The van der Waals surface area contributed by atoms with Gasteiger partial charge < -0.3 is 0 Å². The van der Waals surface area contributed by atoms with Gasteiger partial charge in [-0.15, -0.1) is 11.3 Å². The lowest BCUT2D eigenvalue weighted by atomic mass is 10.0. The molecule has 0 aliphatic carbocycles. The van der Waals surface area contributed by atoms with Gasteiger partial charge in [-0.25, -0.2) is 4.98 Å². The molecule has 1 heterocycles. The van der Waals surface area contributed by atoms with E-state index in [4.69, 9.17) is 0 Å². The predicted molar refractivity (Wildman–Crippen MR) is 89.1 cm³/mol. The zero-order valence-corrected chi connectivity index (χ0v) is 12.9. The first-order valence-corrected chi connectivity index (χ1v) is 7.79. The van der Waals surface area contributed by atoms with Crippen LogP contribution in [0.5, 0.6) is 0 Å². The van der Waals surface area contributed by atoms with Crippen LogP contribution in [0.15, 0.2) is 60.0 Å². The summed E-state index contributed by atoms with van der Waals surface area (Å²) >= 11 is 1.69. The number of thiazole rings is 1. The Hall–Kier alpha value is -1.93. The smallest absolute Gasteiger partial charge is 0.0901 e. The molecule has 2 aromatic carbocycles. The second-order valence-electron chi connectivity index (χ2n) is 4.20. The SMILES string of the molecule is CC.Cc1nc(-c2ccc(-c3ccccc3)cc2)cs1. The van der Waals surface area contributed by atoms with Gasteiger partial charge in [0.25, 0.3) is 0 Å². The molecule has 0 bridgehead atoms. The molecular formula is C18H19NS. The molecule has 0 aliphatic heterocycles. The molecule has 20 heavy (non-hydrogen) atoms. The molecule has 0 radical (unpaired) electrons. The zero-order valence-electron chi connectivity index (χ0n) is 12.1. The van der Waals surface area contributed by atoms with E-state index in [-0.39, 0.29) is 0 Å². The van der Waals surface area contributed by atoms with Crippen molar-refractivity contribution >= 4 is 11.3 Å². The van der Waals surface area contributed by atoms with Crippen molar-refractivity contribution in [3.63, 3.8) is 0 Å². The quantitative estimate of drug-likeness (QED) is 0.577. The minimum absolute atomic E-state index is 1.07. The molecule has 0 spiro atoms. The Kier molecular flexibility index (Phi) is 5.08. The fourth-order valence-corrected chi connectivity index (χ4v) is 2.58. The van der Waals surface area contributed by atoms with Gasteiger partial charge in [0.15, 0.2) is 0 Å². The standard InChI is InChI=1S/C16H13NS.C2H6/c1-12-17-16(11-18-12)15-9-7-14(8-10-15)13-5-3-2-4-6-13;1-2/h2-11H,1H3;1-2H3.